The van der Waals surface area contributed by atoms with E-state index in [0.717, 1.165) is 0 Å². The highest BCUT2D eigenvalue weighted by Crippen LogP contribution is 2.07. The van der Waals surface area contributed by atoms with Crippen LogP contribution in [-0.2, 0) is 11.3 Å². The number of aromatic carboxylic acids is 1. The van der Waals surface area contributed by atoms with Gasteiger partial charge >= 0.3 is 5.97 Å². The molecule has 1 amide bonds. The van der Waals surface area contributed by atoms with Gasteiger partial charge in [-0.25, -0.2) is 4.79 Å². The van der Waals surface area contributed by atoms with E-state index in [0.29, 0.717) is 12.2 Å². The van der Waals surface area contributed by atoms with Crippen LogP contribution in [0.5, 0.6) is 0 Å². The van der Waals surface area contributed by atoms with Crippen molar-refractivity contribution < 1.29 is 19.1 Å². The van der Waals surface area contributed by atoms with Crippen LogP contribution in [0.4, 0.5) is 0 Å². The summed E-state index contributed by atoms with van der Waals surface area (Å²) in [5, 5.41) is 11.2. The fourth-order valence-corrected chi connectivity index (χ4v) is 1.08. The maximum absolute atomic E-state index is 11.3. The van der Waals surface area contributed by atoms with E-state index in [9.17, 15) is 9.59 Å². The van der Waals surface area contributed by atoms with E-state index < -0.39 is 12.0 Å². The minimum Gasteiger partial charge on any atom is -0.475 e. The molecule has 88 valence electrons. The average molecular weight is 226 g/mol. The third-order valence-corrected chi connectivity index (χ3v) is 2.09. The maximum Gasteiger partial charge on any atom is 0.371 e. The number of carbonyl (C=O) groups is 2. The molecule has 1 rings (SSSR count). The van der Waals surface area contributed by atoms with E-state index in [4.69, 9.17) is 15.3 Å². The molecule has 16 heavy (non-hydrogen) atoms. The number of carboxylic acids is 1. The molecule has 6 nitrogen and oxygen atoms in total. The molecule has 6 heteroatoms. The molecule has 1 heterocycles. The van der Waals surface area contributed by atoms with E-state index in [1.54, 1.807) is 6.92 Å². The zero-order valence-corrected chi connectivity index (χ0v) is 8.90. The molecular formula is C10H14N2O4. The Bertz CT molecular complexity index is 386. The van der Waals surface area contributed by atoms with Gasteiger partial charge in [0.25, 0.3) is 0 Å². The first-order valence-corrected chi connectivity index (χ1v) is 4.90. The monoisotopic (exact) mass is 226 g/mol. The summed E-state index contributed by atoms with van der Waals surface area (Å²) in [6, 6.07) is 2.29. The molecule has 0 unspecified atom stereocenters. The molecule has 0 aliphatic heterocycles. The van der Waals surface area contributed by atoms with Crippen LogP contribution in [0.1, 0.15) is 29.7 Å². The van der Waals surface area contributed by atoms with Crippen LogP contribution >= 0.6 is 0 Å². The van der Waals surface area contributed by atoms with Crippen molar-refractivity contribution in [2.24, 2.45) is 5.73 Å². The van der Waals surface area contributed by atoms with Crippen LogP contribution < -0.4 is 11.1 Å². The zero-order chi connectivity index (χ0) is 12.1. The molecule has 0 aromatic carbocycles. The van der Waals surface area contributed by atoms with E-state index in [1.165, 1.54) is 12.1 Å². The van der Waals surface area contributed by atoms with Gasteiger partial charge in [0, 0.05) is 0 Å². The lowest BCUT2D eigenvalue weighted by Gasteiger charge is -2.08. The molecule has 1 aromatic heterocycles. The van der Waals surface area contributed by atoms with Crippen molar-refractivity contribution in [2.45, 2.75) is 25.9 Å². The highest BCUT2D eigenvalue weighted by molar-refractivity contribution is 5.84. The van der Waals surface area contributed by atoms with Gasteiger partial charge in [-0.15, -0.1) is 0 Å². The maximum atomic E-state index is 11.3. The lowest BCUT2D eigenvalue weighted by Crippen LogP contribution is -2.39. The first-order valence-electron chi connectivity index (χ1n) is 4.90. The molecule has 0 aliphatic carbocycles. The molecule has 0 saturated carbocycles. The van der Waals surface area contributed by atoms with Gasteiger partial charge in [-0.3, -0.25) is 4.79 Å². The second-order valence-electron chi connectivity index (χ2n) is 3.30. The van der Waals surface area contributed by atoms with Crippen LogP contribution in [0.2, 0.25) is 0 Å². The Morgan fingerprint density at radius 1 is 1.56 bits per heavy atom. The molecule has 0 saturated heterocycles. The third kappa shape index (κ3) is 3.09. The van der Waals surface area contributed by atoms with Crippen LogP contribution in [0.3, 0.4) is 0 Å². The Morgan fingerprint density at radius 3 is 2.75 bits per heavy atom. The van der Waals surface area contributed by atoms with Crippen LogP contribution in [0, 0.1) is 0 Å². The minimum atomic E-state index is -1.14. The summed E-state index contributed by atoms with van der Waals surface area (Å²) in [5.74, 6) is -1.18. The van der Waals surface area contributed by atoms with Gasteiger partial charge < -0.3 is 20.6 Å². The van der Waals surface area contributed by atoms with Gasteiger partial charge in [0.1, 0.15) is 5.76 Å². The first-order chi connectivity index (χ1) is 7.54. The van der Waals surface area contributed by atoms with Gasteiger partial charge in [0.15, 0.2) is 0 Å². The quantitative estimate of drug-likeness (QED) is 0.671. The Balaban J connectivity index is 2.48. The normalized spacial score (nSPS) is 12.1. The Labute approximate surface area is 92.4 Å². The second-order valence-corrected chi connectivity index (χ2v) is 3.30. The van der Waals surface area contributed by atoms with Crippen molar-refractivity contribution in [3.05, 3.63) is 23.7 Å². The van der Waals surface area contributed by atoms with Crippen molar-refractivity contribution in [1.82, 2.24) is 5.32 Å². The smallest absolute Gasteiger partial charge is 0.371 e. The minimum absolute atomic E-state index is 0.139. The standard InChI is InChI=1S/C10H14N2O4/c1-2-7(11)9(13)12-5-6-3-4-8(16-6)10(14)15/h3-4,7H,2,5,11H2,1H3,(H,12,13)(H,14,15)/t7-/m0/s1. The summed E-state index contributed by atoms with van der Waals surface area (Å²) in [6.45, 7) is 1.94. The number of carbonyl (C=O) groups excluding carboxylic acids is 1. The van der Waals surface area contributed by atoms with Gasteiger partial charge in [0.05, 0.1) is 12.6 Å². The predicted octanol–water partition coefficient (Wildman–Crippen LogP) is 0.331. The summed E-state index contributed by atoms with van der Waals surface area (Å²) < 4.78 is 4.95. The zero-order valence-electron chi connectivity index (χ0n) is 8.90. The SMILES string of the molecule is CC[C@H](N)C(=O)NCc1ccc(C(=O)O)o1. The van der Waals surface area contributed by atoms with Gasteiger partial charge in [-0.05, 0) is 18.6 Å². The van der Waals surface area contributed by atoms with E-state index >= 15 is 0 Å². The number of nitrogens with one attached hydrogen (secondary N) is 1. The summed E-state index contributed by atoms with van der Waals surface area (Å²) in [5.41, 5.74) is 5.50. The third-order valence-electron chi connectivity index (χ3n) is 2.09. The molecule has 0 aliphatic rings. The van der Waals surface area contributed by atoms with Crippen molar-refractivity contribution in [2.75, 3.05) is 0 Å². The molecule has 0 bridgehead atoms. The van der Waals surface area contributed by atoms with Crippen molar-refractivity contribution in [3.63, 3.8) is 0 Å². The lowest BCUT2D eigenvalue weighted by molar-refractivity contribution is -0.122. The molecule has 0 fully saturated rings. The highest BCUT2D eigenvalue weighted by Gasteiger charge is 2.12. The van der Waals surface area contributed by atoms with E-state index in [1.807, 2.05) is 0 Å². The Kier molecular flexibility index (Phi) is 4.07. The number of carboxylic acid groups (broad SMARTS) is 1. The molecule has 0 radical (unpaired) electrons. The number of nitrogens with two attached hydrogens (primary N) is 1. The number of rotatable bonds is 5. The molecule has 4 N–H and O–H groups in total. The van der Waals surface area contributed by atoms with Crippen molar-refractivity contribution in [1.29, 1.82) is 0 Å². The Hall–Kier alpha value is -1.82. The predicted molar refractivity (Wildman–Crippen MR) is 55.8 cm³/mol. The van der Waals surface area contributed by atoms with E-state index in [-0.39, 0.29) is 18.2 Å². The van der Waals surface area contributed by atoms with Gasteiger partial charge in [-0.2, -0.15) is 0 Å². The molecular weight excluding hydrogens is 212 g/mol. The summed E-state index contributed by atoms with van der Waals surface area (Å²) in [7, 11) is 0. The summed E-state index contributed by atoms with van der Waals surface area (Å²) in [4.78, 5) is 21.8. The molecule has 0 spiro atoms. The number of hydrogen-bond acceptors (Lipinski definition) is 4. The number of amides is 1. The highest BCUT2D eigenvalue weighted by atomic mass is 16.4. The van der Waals surface area contributed by atoms with Crippen molar-refractivity contribution in [3.8, 4) is 0 Å². The van der Waals surface area contributed by atoms with Crippen LogP contribution in [0.15, 0.2) is 16.5 Å². The van der Waals surface area contributed by atoms with Gasteiger partial charge in [0.2, 0.25) is 11.7 Å². The van der Waals surface area contributed by atoms with Crippen molar-refractivity contribution >= 4 is 11.9 Å². The largest absolute Gasteiger partial charge is 0.475 e. The van der Waals surface area contributed by atoms with Crippen LogP contribution in [0.25, 0.3) is 0 Å². The lowest BCUT2D eigenvalue weighted by atomic mass is 10.2. The fourth-order valence-electron chi connectivity index (χ4n) is 1.08. The summed E-state index contributed by atoms with van der Waals surface area (Å²) >= 11 is 0. The average Bonchev–Trinajstić information content (AvgIpc) is 2.73. The van der Waals surface area contributed by atoms with E-state index in [2.05, 4.69) is 5.32 Å². The topological polar surface area (TPSA) is 106 Å². The molecule has 1 atom stereocenters. The fraction of sp³-hybridized carbons (Fsp3) is 0.400. The summed E-state index contributed by atoms with van der Waals surface area (Å²) in [6.07, 6.45) is 0.546. The number of hydrogen-bond donors (Lipinski definition) is 3. The van der Waals surface area contributed by atoms with Crippen LogP contribution in [-0.4, -0.2) is 23.0 Å². The number of furan rings is 1. The Morgan fingerprint density at radius 2 is 2.25 bits per heavy atom. The second kappa shape index (κ2) is 5.32. The molecule has 1 aromatic rings. The first kappa shape index (κ1) is 12.3. The van der Waals surface area contributed by atoms with Gasteiger partial charge in [-0.1, -0.05) is 6.92 Å².